The topological polar surface area (TPSA) is 83.8 Å². The molecule has 0 aliphatic carbocycles. The minimum Gasteiger partial charge on any atom is -0.493 e. The Hall–Kier alpha value is -3.60. The number of benzene rings is 3. The van der Waals surface area contributed by atoms with E-state index in [0.717, 1.165) is 18.8 Å². The van der Waals surface area contributed by atoms with E-state index in [9.17, 15) is 9.59 Å². The van der Waals surface area contributed by atoms with Crippen molar-refractivity contribution in [1.29, 1.82) is 0 Å². The van der Waals surface area contributed by atoms with Gasteiger partial charge in [0.15, 0.2) is 0 Å². The molecule has 5 nitrogen and oxygen atoms in total. The van der Waals surface area contributed by atoms with E-state index in [2.05, 4.69) is 49.4 Å². The van der Waals surface area contributed by atoms with Crippen molar-refractivity contribution in [3.8, 4) is 16.9 Å². The predicted octanol–water partition coefficient (Wildman–Crippen LogP) is 7.18. The van der Waals surface area contributed by atoms with E-state index in [1.54, 1.807) is 0 Å². The van der Waals surface area contributed by atoms with E-state index in [4.69, 9.17) is 14.9 Å². The summed E-state index contributed by atoms with van der Waals surface area (Å²) >= 11 is 0. The summed E-state index contributed by atoms with van der Waals surface area (Å²) in [7, 11) is 0. The van der Waals surface area contributed by atoms with Gasteiger partial charge < -0.3 is 14.9 Å². The average molecular weight is 449 g/mol. The molecule has 0 aliphatic heterocycles. The Balaban J connectivity index is 0.000000273. The number of carboxylic acid groups (broad SMARTS) is 2. The molecule has 174 valence electrons. The molecule has 0 fully saturated rings. The maximum absolute atomic E-state index is 10.3. The molecule has 2 N–H and O–H groups in total. The zero-order chi connectivity index (χ0) is 23.9. The van der Waals surface area contributed by atoms with E-state index >= 15 is 0 Å². The van der Waals surface area contributed by atoms with E-state index < -0.39 is 11.9 Å². The molecule has 0 saturated carbocycles. The summed E-state index contributed by atoms with van der Waals surface area (Å²) in [6.45, 7) is 3.07. The van der Waals surface area contributed by atoms with Crippen molar-refractivity contribution in [3.05, 3.63) is 90.0 Å². The first-order valence-electron chi connectivity index (χ1n) is 11.4. The molecule has 0 atom stereocenters. The van der Waals surface area contributed by atoms with Crippen molar-refractivity contribution >= 4 is 11.9 Å². The average Bonchev–Trinajstić information content (AvgIpc) is 2.85. The van der Waals surface area contributed by atoms with Crippen molar-refractivity contribution in [2.45, 2.75) is 45.4 Å². The first-order valence-corrected chi connectivity index (χ1v) is 11.4. The number of rotatable bonds is 11. The SMILES string of the molecule is CCCCCCCCOc1ccccc1-c1ccccc1.O=C(O)c1ccc(C(=O)O)cc1. The minimum atomic E-state index is -1.06. The Bertz CT molecular complexity index is 948. The van der Waals surface area contributed by atoms with Crippen molar-refractivity contribution in [1.82, 2.24) is 0 Å². The number of hydrogen-bond acceptors (Lipinski definition) is 3. The lowest BCUT2D eigenvalue weighted by molar-refractivity contribution is 0.0681. The third-order valence-corrected chi connectivity index (χ3v) is 5.11. The van der Waals surface area contributed by atoms with Crippen LogP contribution in [0.1, 0.15) is 66.2 Å². The number of unbranched alkanes of at least 4 members (excludes halogenated alkanes) is 5. The van der Waals surface area contributed by atoms with Gasteiger partial charge in [-0.2, -0.15) is 0 Å². The largest absolute Gasteiger partial charge is 0.493 e. The van der Waals surface area contributed by atoms with Crippen molar-refractivity contribution in [2.75, 3.05) is 6.61 Å². The number of para-hydroxylation sites is 1. The van der Waals surface area contributed by atoms with Gasteiger partial charge in [-0.3, -0.25) is 0 Å². The Morgan fingerprint density at radius 2 is 1.18 bits per heavy atom. The van der Waals surface area contributed by atoms with Gasteiger partial charge >= 0.3 is 11.9 Å². The van der Waals surface area contributed by atoms with Crippen LogP contribution in [0.2, 0.25) is 0 Å². The number of hydrogen-bond donors (Lipinski definition) is 2. The summed E-state index contributed by atoms with van der Waals surface area (Å²) < 4.78 is 6.00. The maximum atomic E-state index is 10.3. The van der Waals surface area contributed by atoms with Crippen LogP contribution in [0.25, 0.3) is 11.1 Å². The molecule has 0 heterocycles. The summed E-state index contributed by atoms with van der Waals surface area (Å²) in [6, 6.07) is 23.8. The van der Waals surface area contributed by atoms with Gasteiger partial charge in [0.1, 0.15) is 5.75 Å². The van der Waals surface area contributed by atoms with Crippen LogP contribution in [0.3, 0.4) is 0 Å². The minimum absolute atomic E-state index is 0.0833. The molecule has 0 aliphatic rings. The number of carbonyl (C=O) groups is 2. The van der Waals surface area contributed by atoms with Gasteiger partial charge in [-0.1, -0.05) is 87.6 Å². The Morgan fingerprint density at radius 3 is 1.76 bits per heavy atom. The second-order valence-electron chi connectivity index (χ2n) is 7.67. The van der Waals surface area contributed by atoms with Crippen LogP contribution < -0.4 is 4.74 Å². The molecule has 0 radical (unpaired) electrons. The number of aromatic carboxylic acids is 2. The molecular weight excluding hydrogens is 416 g/mol. The quantitative estimate of drug-likeness (QED) is 0.304. The zero-order valence-electron chi connectivity index (χ0n) is 19.1. The monoisotopic (exact) mass is 448 g/mol. The van der Waals surface area contributed by atoms with Crippen LogP contribution in [0.5, 0.6) is 5.75 Å². The molecule has 3 aromatic rings. The number of carboxylic acids is 2. The molecular formula is C28H32O5. The predicted molar refractivity (Wildman–Crippen MR) is 131 cm³/mol. The maximum Gasteiger partial charge on any atom is 0.335 e. The Labute approximate surface area is 195 Å². The van der Waals surface area contributed by atoms with Gasteiger partial charge in [0.25, 0.3) is 0 Å². The van der Waals surface area contributed by atoms with Gasteiger partial charge in [0.2, 0.25) is 0 Å². The molecule has 0 amide bonds. The summed E-state index contributed by atoms with van der Waals surface area (Å²) in [4.78, 5) is 20.7. The van der Waals surface area contributed by atoms with E-state index in [1.807, 2.05) is 12.1 Å². The highest BCUT2D eigenvalue weighted by Crippen LogP contribution is 2.29. The van der Waals surface area contributed by atoms with E-state index in [1.165, 1.54) is 67.5 Å². The fourth-order valence-electron chi connectivity index (χ4n) is 3.27. The lowest BCUT2D eigenvalue weighted by Crippen LogP contribution is -1.99. The van der Waals surface area contributed by atoms with E-state index in [-0.39, 0.29) is 11.1 Å². The molecule has 3 rings (SSSR count). The molecule has 0 bridgehead atoms. The van der Waals surface area contributed by atoms with Gasteiger partial charge in [0, 0.05) is 5.56 Å². The molecule has 0 saturated heterocycles. The highest BCUT2D eigenvalue weighted by molar-refractivity contribution is 5.91. The first-order chi connectivity index (χ1) is 16.0. The second-order valence-corrected chi connectivity index (χ2v) is 7.67. The van der Waals surface area contributed by atoms with Gasteiger partial charge in [-0.05, 0) is 42.3 Å². The van der Waals surface area contributed by atoms with Crippen LogP contribution >= 0.6 is 0 Å². The van der Waals surface area contributed by atoms with Crippen LogP contribution in [0.15, 0.2) is 78.9 Å². The van der Waals surface area contributed by atoms with E-state index in [0.29, 0.717) is 0 Å². The summed E-state index contributed by atoms with van der Waals surface area (Å²) in [5.41, 5.74) is 2.57. The molecule has 0 aromatic heterocycles. The normalized spacial score (nSPS) is 10.1. The first kappa shape index (κ1) is 25.7. The van der Waals surface area contributed by atoms with Crippen LogP contribution in [-0.2, 0) is 0 Å². The summed E-state index contributed by atoms with van der Waals surface area (Å²) in [5.74, 6) is -1.13. The van der Waals surface area contributed by atoms with Gasteiger partial charge in [0.05, 0.1) is 17.7 Å². The highest BCUT2D eigenvalue weighted by atomic mass is 16.5. The Kier molecular flexibility index (Phi) is 11.2. The second kappa shape index (κ2) is 14.5. The third kappa shape index (κ3) is 9.19. The number of ether oxygens (including phenoxy) is 1. The third-order valence-electron chi connectivity index (χ3n) is 5.11. The van der Waals surface area contributed by atoms with Crippen molar-refractivity contribution in [2.24, 2.45) is 0 Å². The molecule has 0 unspecified atom stereocenters. The zero-order valence-corrected chi connectivity index (χ0v) is 19.1. The summed E-state index contributed by atoms with van der Waals surface area (Å²) in [5, 5.41) is 16.9. The van der Waals surface area contributed by atoms with Gasteiger partial charge in [-0.25, -0.2) is 9.59 Å². The lowest BCUT2D eigenvalue weighted by Gasteiger charge is -2.11. The fraction of sp³-hybridized carbons (Fsp3) is 0.286. The van der Waals surface area contributed by atoms with Crippen LogP contribution in [0.4, 0.5) is 0 Å². The molecule has 5 heteroatoms. The Morgan fingerprint density at radius 1 is 0.667 bits per heavy atom. The smallest absolute Gasteiger partial charge is 0.335 e. The standard InChI is InChI=1S/C20H26O.C8H6O4/c1-2-3-4-5-6-12-17-21-20-16-11-10-15-19(20)18-13-8-7-9-14-18;9-7(10)5-1-2-6(4-3-5)8(11)12/h7-11,13-16H,2-6,12,17H2,1H3;1-4H,(H,9,10)(H,11,12). The van der Waals surface area contributed by atoms with Crippen molar-refractivity contribution < 1.29 is 24.5 Å². The molecule has 3 aromatic carbocycles. The van der Waals surface area contributed by atoms with Crippen molar-refractivity contribution in [3.63, 3.8) is 0 Å². The highest BCUT2D eigenvalue weighted by Gasteiger charge is 2.06. The fourth-order valence-corrected chi connectivity index (χ4v) is 3.27. The van der Waals surface area contributed by atoms with Gasteiger partial charge in [-0.15, -0.1) is 0 Å². The molecule has 0 spiro atoms. The molecule has 33 heavy (non-hydrogen) atoms. The van der Waals surface area contributed by atoms with Crippen LogP contribution in [0, 0.1) is 0 Å². The summed E-state index contributed by atoms with van der Waals surface area (Å²) in [6.07, 6.45) is 7.77. The van der Waals surface area contributed by atoms with Crippen LogP contribution in [-0.4, -0.2) is 28.8 Å². The lowest BCUT2D eigenvalue weighted by atomic mass is 10.0.